The summed E-state index contributed by atoms with van der Waals surface area (Å²) >= 11 is 0. The van der Waals surface area contributed by atoms with Gasteiger partial charge in [0.05, 0.1) is 12.7 Å². The summed E-state index contributed by atoms with van der Waals surface area (Å²) in [5.41, 5.74) is 0.520. The monoisotopic (exact) mass is 251 g/mol. The summed E-state index contributed by atoms with van der Waals surface area (Å²) in [6.45, 7) is 5.84. The molecule has 18 heavy (non-hydrogen) atoms. The summed E-state index contributed by atoms with van der Waals surface area (Å²) < 4.78 is 5.00. The van der Waals surface area contributed by atoms with Crippen molar-refractivity contribution in [1.29, 1.82) is 0 Å². The molecule has 0 aliphatic rings. The van der Waals surface area contributed by atoms with Crippen LogP contribution in [0.4, 0.5) is 4.79 Å². The lowest BCUT2D eigenvalue weighted by Crippen LogP contribution is -2.41. The summed E-state index contributed by atoms with van der Waals surface area (Å²) in [6, 6.07) is 9.32. The van der Waals surface area contributed by atoms with Gasteiger partial charge in [-0.15, -0.1) is 0 Å². The van der Waals surface area contributed by atoms with Gasteiger partial charge in [0, 0.05) is 12.0 Å². The van der Waals surface area contributed by atoms with E-state index in [0.29, 0.717) is 6.42 Å². The molecule has 0 aliphatic heterocycles. The van der Waals surface area contributed by atoms with Crippen molar-refractivity contribution in [1.82, 2.24) is 5.32 Å². The van der Waals surface area contributed by atoms with Crippen molar-refractivity contribution >= 4 is 6.09 Å². The normalized spacial score (nSPS) is 12.9. The second kappa shape index (κ2) is 6.40. The van der Waals surface area contributed by atoms with Gasteiger partial charge in [-0.05, 0) is 26.3 Å². The number of ether oxygens (including phenoxy) is 1. The van der Waals surface area contributed by atoms with E-state index in [1.54, 1.807) is 0 Å². The molecule has 1 aromatic carbocycles. The van der Waals surface area contributed by atoms with Crippen LogP contribution in [0.2, 0.25) is 0 Å². The van der Waals surface area contributed by atoms with Crippen LogP contribution in [0.3, 0.4) is 0 Å². The van der Waals surface area contributed by atoms with Crippen molar-refractivity contribution in [3.63, 3.8) is 0 Å². The molecule has 1 aromatic rings. The van der Waals surface area contributed by atoms with Crippen LogP contribution < -0.4 is 5.32 Å². The van der Waals surface area contributed by atoms with Gasteiger partial charge in [-0.2, -0.15) is 0 Å². The highest BCUT2D eigenvalue weighted by atomic mass is 16.5. The van der Waals surface area contributed by atoms with E-state index < -0.39 is 12.2 Å². The number of carbonyl (C=O) groups excluding carboxylic acids is 1. The third-order valence-electron chi connectivity index (χ3n) is 2.29. The Balaban J connectivity index is 2.28. The molecular weight excluding hydrogens is 230 g/mol. The third kappa shape index (κ3) is 5.68. The molecule has 0 radical (unpaired) electrons. The number of hydrogen-bond acceptors (Lipinski definition) is 3. The lowest BCUT2D eigenvalue weighted by molar-refractivity contribution is 0.101. The lowest BCUT2D eigenvalue weighted by atomic mass is 10.1. The highest BCUT2D eigenvalue weighted by Crippen LogP contribution is 2.15. The Hall–Kier alpha value is -1.55. The molecule has 1 atom stereocenters. The quantitative estimate of drug-likeness (QED) is 0.864. The Morgan fingerprint density at radius 3 is 2.50 bits per heavy atom. The maximum absolute atomic E-state index is 11.4. The predicted octanol–water partition coefficient (Wildman–Crippen LogP) is 2.63. The Kier molecular flexibility index (Phi) is 5.16. The van der Waals surface area contributed by atoms with E-state index in [0.717, 1.165) is 5.56 Å². The Morgan fingerprint density at radius 2 is 1.94 bits per heavy atom. The highest BCUT2D eigenvalue weighted by Gasteiger charge is 2.15. The number of amides is 1. The molecule has 100 valence electrons. The maximum Gasteiger partial charge on any atom is 0.407 e. The van der Waals surface area contributed by atoms with Crippen LogP contribution in [0.25, 0.3) is 0 Å². The molecular formula is C14H21NO3. The zero-order valence-electron chi connectivity index (χ0n) is 11.1. The standard InChI is InChI=1S/C14H21NO3/c1-14(2,3)15-13(17)18-10-9-12(16)11-7-5-4-6-8-11/h4-8,12,16H,9-10H2,1-3H3,(H,15,17). The van der Waals surface area contributed by atoms with Gasteiger partial charge in [0.1, 0.15) is 0 Å². The van der Waals surface area contributed by atoms with E-state index in [9.17, 15) is 9.90 Å². The Labute approximate surface area is 108 Å². The fourth-order valence-corrected chi connectivity index (χ4v) is 1.45. The van der Waals surface area contributed by atoms with Gasteiger partial charge in [0.2, 0.25) is 0 Å². The second-order valence-electron chi connectivity index (χ2n) is 5.23. The summed E-state index contributed by atoms with van der Waals surface area (Å²) in [7, 11) is 0. The molecule has 0 saturated carbocycles. The number of benzene rings is 1. The molecule has 0 aliphatic carbocycles. The Bertz CT molecular complexity index is 370. The smallest absolute Gasteiger partial charge is 0.407 e. The number of nitrogens with one attached hydrogen (secondary N) is 1. The SMILES string of the molecule is CC(C)(C)NC(=O)OCCC(O)c1ccccc1. The molecule has 2 N–H and O–H groups in total. The van der Waals surface area contributed by atoms with Crippen LogP contribution in [0.5, 0.6) is 0 Å². The predicted molar refractivity (Wildman–Crippen MR) is 70.3 cm³/mol. The van der Waals surface area contributed by atoms with E-state index in [1.807, 2.05) is 51.1 Å². The third-order valence-corrected chi connectivity index (χ3v) is 2.29. The summed E-state index contributed by atoms with van der Waals surface area (Å²) in [5, 5.41) is 12.5. The molecule has 1 unspecified atom stereocenters. The average molecular weight is 251 g/mol. The van der Waals surface area contributed by atoms with Crippen LogP contribution in [-0.4, -0.2) is 23.3 Å². The summed E-state index contributed by atoms with van der Waals surface area (Å²) in [4.78, 5) is 11.4. The van der Waals surface area contributed by atoms with E-state index in [4.69, 9.17) is 4.74 Å². The average Bonchev–Trinajstić information content (AvgIpc) is 2.27. The molecule has 1 rings (SSSR count). The minimum Gasteiger partial charge on any atom is -0.449 e. The largest absolute Gasteiger partial charge is 0.449 e. The molecule has 4 nitrogen and oxygen atoms in total. The number of rotatable bonds is 4. The van der Waals surface area contributed by atoms with Crippen molar-refractivity contribution in [3.8, 4) is 0 Å². The first-order valence-electron chi connectivity index (χ1n) is 6.06. The second-order valence-corrected chi connectivity index (χ2v) is 5.23. The molecule has 0 fully saturated rings. The summed E-state index contributed by atoms with van der Waals surface area (Å²) in [5.74, 6) is 0. The number of aliphatic hydroxyl groups is 1. The van der Waals surface area contributed by atoms with Crippen LogP contribution in [0, 0.1) is 0 Å². The van der Waals surface area contributed by atoms with Gasteiger partial charge in [-0.25, -0.2) is 4.79 Å². The molecule has 1 amide bonds. The first kappa shape index (κ1) is 14.5. The fraction of sp³-hybridized carbons (Fsp3) is 0.500. The molecule has 0 bridgehead atoms. The number of alkyl carbamates (subject to hydrolysis) is 1. The van der Waals surface area contributed by atoms with Crippen LogP contribution in [0.15, 0.2) is 30.3 Å². The van der Waals surface area contributed by atoms with E-state index in [2.05, 4.69) is 5.32 Å². The first-order chi connectivity index (χ1) is 8.38. The van der Waals surface area contributed by atoms with Crippen LogP contribution >= 0.6 is 0 Å². The van der Waals surface area contributed by atoms with E-state index in [-0.39, 0.29) is 12.1 Å². The number of carbonyl (C=O) groups is 1. The van der Waals surface area contributed by atoms with E-state index in [1.165, 1.54) is 0 Å². The number of aliphatic hydroxyl groups excluding tert-OH is 1. The topological polar surface area (TPSA) is 58.6 Å². The summed E-state index contributed by atoms with van der Waals surface area (Å²) in [6.07, 6.45) is -0.668. The van der Waals surface area contributed by atoms with Crippen molar-refractivity contribution in [2.24, 2.45) is 0 Å². The molecule has 0 heterocycles. The van der Waals surface area contributed by atoms with Gasteiger partial charge in [0.15, 0.2) is 0 Å². The van der Waals surface area contributed by atoms with Gasteiger partial charge >= 0.3 is 6.09 Å². The molecule has 0 aromatic heterocycles. The minimum absolute atomic E-state index is 0.192. The van der Waals surface area contributed by atoms with Crippen molar-refractivity contribution in [2.45, 2.75) is 38.8 Å². The molecule has 0 spiro atoms. The number of hydrogen-bond donors (Lipinski definition) is 2. The highest BCUT2D eigenvalue weighted by molar-refractivity contribution is 5.68. The van der Waals surface area contributed by atoms with Gasteiger partial charge in [0.25, 0.3) is 0 Å². The van der Waals surface area contributed by atoms with Gasteiger partial charge in [-0.3, -0.25) is 0 Å². The van der Waals surface area contributed by atoms with Crippen molar-refractivity contribution < 1.29 is 14.6 Å². The molecule has 0 saturated heterocycles. The van der Waals surface area contributed by atoms with Gasteiger partial charge < -0.3 is 15.2 Å². The van der Waals surface area contributed by atoms with Gasteiger partial charge in [-0.1, -0.05) is 30.3 Å². The first-order valence-corrected chi connectivity index (χ1v) is 6.06. The van der Waals surface area contributed by atoms with E-state index >= 15 is 0 Å². The fourth-order valence-electron chi connectivity index (χ4n) is 1.45. The zero-order chi connectivity index (χ0) is 13.6. The zero-order valence-corrected chi connectivity index (χ0v) is 11.1. The minimum atomic E-state index is -0.603. The lowest BCUT2D eigenvalue weighted by Gasteiger charge is -2.20. The maximum atomic E-state index is 11.4. The molecule has 4 heteroatoms. The Morgan fingerprint density at radius 1 is 1.33 bits per heavy atom. The van der Waals surface area contributed by atoms with Crippen LogP contribution in [0.1, 0.15) is 38.9 Å². The van der Waals surface area contributed by atoms with Crippen LogP contribution in [-0.2, 0) is 4.74 Å². The van der Waals surface area contributed by atoms with Crippen molar-refractivity contribution in [3.05, 3.63) is 35.9 Å². The van der Waals surface area contributed by atoms with Crippen molar-refractivity contribution in [2.75, 3.05) is 6.61 Å².